The Morgan fingerprint density at radius 1 is 1.22 bits per heavy atom. The van der Waals surface area contributed by atoms with Gasteiger partial charge in [-0.3, -0.25) is 4.79 Å². The number of piperidine rings is 1. The van der Waals surface area contributed by atoms with Crippen LogP contribution in [-0.4, -0.2) is 18.9 Å². The molecule has 0 aromatic carbocycles. The molecular weight excluding hydrogens is 226 g/mol. The van der Waals surface area contributed by atoms with Crippen molar-refractivity contribution in [3.8, 4) is 0 Å². The summed E-state index contributed by atoms with van der Waals surface area (Å²) in [6.07, 6.45) is 6.85. The van der Waals surface area contributed by atoms with Crippen LogP contribution in [0.15, 0.2) is 16.5 Å². The molecule has 1 aliphatic heterocycles. The highest BCUT2D eigenvalue weighted by Crippen LogP contribution is 2.37. The minimum absolute atomic E-state index is 0.00815. The molecule has 18 heavy (non-hydrogen) atoms. The lowest BCUT2D eigenvalue weighted by Gasteiger charge is -2.41. The second-order valence-corrected chi connectivity index (χ2v) is 5.73. The number of carbonyl (C=O) groups excluding carboxylic acids is 1. The highest BCUT2D eigenvalue weighted by Gasteiger charge is 2.32. The number of nitrogens with zero attached hydrogens (tertiary/aromatic N) is 1. The van der Waals surface area contributed by atoms with Gasteiger partial charge in [-0.25, -0.2) is 0 Å². The Labute approximate surface area is 108 Å². The third kappa shape index (κ3) is 2.18. The van der Waals surface area contributed by atoms with Crippen LogP contribution in [-0.2, 0) is 0 Å². The summed E-state index contributed by atoms with van der Waals surface area (Å²) in [5, 5.41) is 0. The van der Waals surface area contributed by atoms with Crippen LogP contribution in [0, 0.1) is 11.8 Å². The third-order valence-corrected chi connectivity index (χ3v) is 4.54. The van der Waals surface area contributed by atoms with E-state index in [1.807, 2.05) is 6.07 Å². The second kappa shape index (κ2) is 4.79. The van der Waals surface area contributed by atoms with Crippen LogP contribution in [0.5, 0.6) is 0 Å². The topological polar surface area (TPSA) is 33.5 Å². The number of rotatable bonds is 2. The van der Waals surface area contributed by atoms with Gasteiger partial charge in [0.1, 0.15) is 0 Å². The minimum Gasteiger partial charge on any atom is -0.437 e. The van der Waals surface area contributed by atoms with Crippen molar-refractivity contribution >= 4 is 11.7 Å². The summed E-state index contributed by atoms with van der Waals surface area (Å²) < 4.78 is 5.64. The second-order valence-electron chi connectivity index (χ2n) is 5.73. The fourth-order valence-electron chi connectivity index (χ4n) is 3.49. The first kappa shape index (κ1) is 11.8. The lowest BCUT2D eigenvalue weighted by Crippen LogP contribution is -2.41. The number of hydrogen-bond acceptors (Lipinski definition) is 3. The van der Waals surface area contributed by atoms with Crippen molar-refractivity contribution in [3.63, 3.8) is 0 Å². The van der Waals surface area contributed by atoms with Gasteiger partial charge < -0.3 is 9.32 Å². The summed E-state index contributed by atoms with van der Waals surface area (Å²) in [7, 11) is 0. The van der Waals surface area contributed by atoms with Gasteiger partial charge in [-0.2, -0.15) is 0 Å². The van der Waals surface area contributed by atoms with E-state index in [2.05, 4.69) is 4.90 Å². The summed E-state index contributed by atoms with van der Waals surface area (Å²) >= 11 is 0. The molecule has 98 valence electrons. The van der Waals surface area contributed by atoms with Crippen LogP contribution >= 0.6 is 0 Å². The van der Waals surface area contributed by atoms with E-state index in [1.54, 1.807) is 13.0 Å². The average Bonchev–Trinajstić information content (AvgIpc) is 2.88. The molecule has 2 aliphatic rings. The predicted octanol–water partition coefficient (Wildman–Crippen LogP) is 3.50. The average molecular weight is 247 g/mol. The molecule has 1 aliphatic carbocycles. The van der Waals surface area contributed by atoms with Crippen LogP contribution in [0.1, 0.15) is 49.6 Å². The molecular formula is C15H21NO2. The molecule has 1 aromatic rings. The molecule has 1 saturated carbocycles. The highest BCUT2D eigenvalue weighted by molar-refractivity contribution is 5.91. The number of furan rings is 1. The molecule has 0 N–H and O–H groups in total. The van der Waals surface area contributed by atoms with E-state index in [0.29, 0.717) is 5.76 Å². The molecule has 0 radical (unpaired) electrons. The Bertz CT molecular complexity index is 437. The Hall–Kier alpha value is -1.25. The third-order valence-electron chi connectivity index (χ3n) is 4.54. The van der Waals surface area contributed by atoms with Gasteiger partial charge in [0, 0.05) is 26.1 Å². The Morgan fingerprint density at radius 2 is 2.00 bits per heavy atom. The first-order valence-electron chi connectivity index (χ1n) is 7.10. The van der Waals surface area contributed by atoms with Gasteiger partial charge in [0.25, 0.3) is 0 Å². The van der Waals surface area contributed by atoms with Gasteiger partial charge in [0.15, 0.2) is 17.4 Å². The van der Waals surface area contributed by atoms with Gasteiger partial charge in [-0.1, -0.05) is 19.3 Å². The van der Waals surface area contributed by atoms with E-state index >= 15 is 0 Å². The summed E-state index contributed by atoms with van der Waals surface area (Å²) in [6.45, 7) is 3.73. The van der Waals surface area contributed by atoms with E-state index in [-0.39, 0.29) is 5.78 Å². The number of fused-ring (bicyclic) bond motifs is 1. The molecule has 0 spiro atoms. The molecule has 2 atom stereocenters. The highest BCUT2D eigenvalue weighted by atomic mass is 16.4. The Kier molecular flexibility index (Phi) is 3.14. The minimum atomic E-state index is 0.00815. The largest absolute Gasteiger partial charge is 0.437 e. The van der Waals surface area contributed by atoms with Crippen molar-refractivity contribution in [3.05, 3.63) is 17.9 Å². The molecule has 3 nitrogen and oxygen atoms in total. The summed E-state index contributed by atoms with van der Waals surface area (Å²) in [6, 6.07) is 3.74. The number of Topliss-reactive ketones (excluding diaryl/α,β-unsaturated/α-hetero) is 1. The smallest absolute Gasteiger partial charge is 0.196 e. The molecule has 2 heterocycles. The van der Waals surface area contributed by atoms with E-state index in [9.17, 15) is 4.79 Å². The van der Waals surface area contributed by atoms with Crippen LogP contribution in [0.4, 0.5) is 5.88 Å². The molecule has 2 unspecified atom stereocenters. The number of hydrogen-bond donors (Lipinski definition) is 0. The van der Waals surface area contributed by atoms with Crippen LogP contribution < -0.4 is 4.90 Å². The number of carbonyl (C=O) groups is 1. The van der Waals surface area contributed by atoms with Gasteiger partial charge in [-0.15, -0.1) is 0 Å². The fraction of sp³-hybridized carbons (Fsp3) is 0.667. The Balaban J connectivity index is 1.71. The van der Waals surface area contributed by atoms with E-state index < -0.39 is 0 Å². The SMILES string of the molecule is CC(=O)c1ccc(N2CCC3CCCCC3C2)o1. The Morgan fingerprint density at radius 3 is 2.72 bits per heavy atom. The zero-order valence-corrected chi connectivity index (χ0v) is 11.0. The van der Waals surface area contributed by atoms with Crippen LogP contribution in [0.25, 0.3) is 0 Å². The maximum atomic E-state index is 11.3. The summed E-state index contributed by atoms with van der Waals surface area (Å²) in [5.74, 6) is 3.13. The summed E-state index contributed by atoms with van der Waals surface area (Å²) in [4.78, 5) is 13.6. The van der Waals surface area contributed by atoms with Crippen molar-refractivity contribution in [2.45, 2.75) is 39.0 Å². The first-order valence-corrected chi connectivity index (χ1v) is 7.10. The van der Waals surface area contributed by atoms with Crippen molar-refractivity contribution in [1.29, 1.82) is 0 Å². The zero-order chi connectivity index (χ0) is 12.5. The molecule has 3 rings (SSSR count). The van der Waals surface area contributed by atoms with Crippen molar-refractivity contribution < 1.29 is 9.21 Å². The van der Waals surface area contributed by atoms with Crippen LogP contribution in [0.3, 0.4) is 0 Å². The normalized spacial score (nSPS) is 27.9. The van der Waals surface area contributed by atoms with E-state index in [4.69, 9.17) is 4.42 Å². The molecule has 2 fully saturated rings. The monoisotopic (exact) mass is 247 g/mol. The molecule has 1 aromatic heterocycles. The van der Waals surface area contributed by atoms with Crippen LogP contribution in [0.2, 0.25) is 0 Å². The van der Waals surface area contributed by atoms with Gasteiger partial charge in [-0.05, 0) is 30.7 Å². The number of anilines is 1. The number of ketones is 1. The predicted molar refractivity (Wildman–Crippen MR) is 71.0 cm³/mol. The van der Waals surface area contributed by atoms with E-state index in [1.165, 1.54) is 32.1 Å². The zero-order valence-electron chi connectivity index (χ0n) is 11.0. The summed E-state index contributed by atoms with van der Waals surface area (Å²) in [5.41, 5.74) is 0. The lowest BCUT2D eigenvalue weighted by atomic mass is 9.75. The molecule has 1 saturated heterocycles. The van der Waals surface area contributed by atoms with Gasteiger partial charge >= 0.3 is 0 Å². The molecule has 0 bridgehead atoms. The molecule has 3 heteroatoms. The first-order chi connectivity index (χ1) is 8.74. The lowest BCUT2D eigenvalue weighted by molar-refractivity contribution is 0.0987. The van der Waals surface area contributed by atoms with Gasteiger partial charge in [0.2, 0.25) is 0 Å². The maximum absolute atomic E-state index is 11.3. The standard InChI is InChI=1S/C15H21NO2/c1-11(17)14-6-7-15(18-14)16-9-8-12-4-2-3-5-13(12)10-16/h6-7,12-13H,2-5,8-10H2,1H3. The van der Waals surface area contributed by atoms with Crippen molar-refractivity contribution in [2.75, 3.05) is 18.0 Å². The van der Waals surface area contributed by atoms with Crippen molar-refractivity contribution in [1.82, 2.24) is 0 Å². The molecule has 0 amide bonds. The fourth-order valence-corrected chi connectivity index (χ4v) is 3.49. The van der Waals surface area contributed by atoms with Gasteiger partial charge in [0.05, 0.1) is 0 Å². The van der Waals surface area contributed by atoms with Crippen molar-refractivity contribution in [2.24, 2.45) is 11.8 Å². The quantitative estimate of drug-likeness (QED) is 0.750. The maximum Gasteiger partial charge on any atom is 0.196 e. The van der Waals surface area contributed by atoms with E-state index in [0.717, 1.165) is 30.8 Å².